The summed E-state index contributed by atoms with van der Waals surface area (Å²) in [5.41, 5.74) is 27.0. The van der Waals surface area contributed by atoms with Crippen LogP contribution in [-0.4, -0.2) is 182 Å². The highest BCUT2D eigenvalue weighted by Crippen LogP contribution is 2.38. The van der Waals surface area contributed by atoms with Gasteiger partial charge in [0.2, 0.25) is 23.1 Å². The third-order valence-electron chi connectivity index (χ3n) is 14.7. The number of nitrogens with zero attached hydrogens (tertiary/aromatic N) is 15. The third-order valence-corrected chi connectivity index (χ3v) is 24.4. The number of methoxy groups -OCH3 is 4. The van der Waals surface area contributed by atoms with Gasteiger partial charge in [-0.05, 0) is 174 Å². The number of aromatic amines is 1. The molecule has 0 bridgehead atoms. The van der Waals surface area contributed by atoms with Crippen molar-refractivity contribution in [3.05, 3.63) is 155 Å². The predicted molar refractivity (Wildman–Crippen MR) is 416 cm³/mol. The number of hydrogen-bond acceptors (Lipinski definition) is 32. The SMILES string of the molecule is CC(C)S(=O)(=O)c1ccccc1N.COC(OC)OC.COc1cc(P(C)(C)=O)ccc1N.Cc1cc(P(C)(C)=O)ccc1Nc1nnc2ncn(-c3ccccc3S(=O)(=O)C(C)C)c2n1.Cc1nnc(N)c(=O)[nH]1.Cc1nnc(N)c(Nc2ccccc2S(=O)(=O)C(C)C)n1.Cc1nnc2ncn(C)c2n1. The lowest BCUT2D eigenvalue weighted by Crippen LogP contribution is -2.16. The van der Waals surface area contributed by atoms with Gasteiger partial charge < -0.3 is 71.2 Å². The highest BCUT2D eigenvalue weighted by molar-refractivity contribution is 7.92. The maximum Gasteiger partial charge on any atom is 0.293 e. The van der Waals surface area contributed by atoms with E-state index in [2.05, 4.69) is 95.5 Å². The van der Waals surface area contributed by atoms with Gasteiger partial charge in [0.15, 0.2) is 52.4 Å². The maximum absolute atomic E-state index is 12.9. The fraction of sp³-hybridized carbons (Fsp3) is 0.343. The second-order valence-corrected chi connectivity index (χ2v) is 38.5. The summed E-state index contributed by atoms with van der Waals surface area (Å²) < 4.78 is 120. The summed E-state index contributed by atoms with van der Waals surface area (Å²) in [5, 5.41) is 36.4. The molecule has 6 heterocycles. The van der Waals surface area contributed by atoms with Crippen LogP contribution in [0.3, 0.4) is 0 Å². The molecular formula is C67H92N22O13P2S3. The largest absolute Gasteiger partial charge is 0.495 e. The molecule has 0 spiro atoms. The number of aromatic nitrogens is 16. The molecule has 11 aromatic rings. The summed E-state index contributed by atoms with van der Waals surface area (Å²) in [6.07, 6.45) is 3.16. The van der Waals surface area contributed by atoms with Crippen molar-refractivity contribution in [3.63, 3.8) is 0 Å². The fourth-order valence-electron chi connectivity index (χ4n) is 8.71. The zero-order chi connectivity index (χ0) is 80.1. The lowest BCUT2D eigenvalue weighted by atomic mass is 10.2. The molecule has 11 N–H and O–H groups in total. The summed E-state index contributed by atoms with van der Waals surface area (Å²) >= 11 is 0. The average molecular weight is 1570 g/mol. The normalized spacial score (nSPS) is 11.5. The van der Waals surface area contributed by atoms with Gasteiger partial charge in [-0.1, -0.05) is 36.4 Å². The van der Waals surface area contributed by atoms with Crippen LogP contribution in [0.5, 0.6) is 5.75 Å². The van der Waals surface area contributed by atoms with Crippen molar-refractivity contribution in [1.29, 1.82) is 0 Å². The Hall–Kier alpha value is -10.3. The van der Waals surface area contributed by atoms with Crippen LogP contribution in [0.15, 0.2) is 141 Å². The van der Waals surface area contributed by atoms with E-state index >= 15 is 0 Å². The molecule has 576 valence electrons. The minimum atomic E-state index is -3.53. The number of imidazole rings is 2. The smallest absolute Gasteiger partial charge is 0.293 e. The number of H-pyrrole nitrogens is 1. The van der Waals surface area contributed by atoms with E-state index < -0.39 is 66.0 Å². The highest BCUT2D eigenvalue weighted by atomic mass is 32.2. The van der Waals surface area contributed by atoms with Crippen LogP contribution in [-0.2, 0) is 59.9 Å². The first kappa shape index (κ1) is 87.3. The van der Waals surface area contributed by atoms with E-state index in [1.807, 2.05) is 36.7 Å². The molecule has 0 aliphatic carbocycles. The van der Waals surface area contributed by atoms with Gasteiger partial charge in [-0.3, -0.25) is 9.36 Å². The van der Waals surface area contributed by atoms with Crippen molar-refractivity contribution in [1.82, 2.24) is 79.8 Å². The molecule has 5 aromatic carbocycles. The molecule has 6 aromatic heterocycles. The minimum Gasteiger partial charge on any atom is -0.495 e. The lowest BCUT2D eigenvalue weighted by Gasteiger charge is -2.14. The first-order valence-electron chi connectivity index (χ1n) is 32.3. The van der Waals surface area contributed by atoms with E-state index in [0.717, 1.165) is 27.5 Å². The lowest BCUT2D eigenvalue weighted by molar-refractivity contribution is -0.252. The number of rotatable bonds is 17. The highest BCUT2D eigenvalue weighted by Gasteiger charge is 2.27. The molecule has 0 aliphatic rings. The van der Waals surface area contributed by atoms with Crippen molar-refractivity contribution in [2.24, 2.45) is 7.05 Å². The Morgan fingerprint density at radius 1 is 0.505 bits per heavy atom. The quantitative estimate of drug-likeness (QED) is 0.0261. The first-order chi connectivity index (χ1) is 50.0. The summed E-state index contributed by atoms with van der Waals surface area (Å²) in [7, 11) is -6.81. The molecule has 0 saturated carbocycles. The van der Waals surface area contributed by atoms with Gasteiger partial charge in [0.1, 0.15) is 43.8 Å². The Kier molecular flexibility index (Phi) is 31.2. The Labute approximate surface area is 621 Å². The van der Waals surface area contributed by atoms with Gasteiger partial charge in [-0.15, -0.1) is 40.8 Å². The number of benzene rings is 5. The fourth-order valence-corrected chi connectivity index (χ4v) is 14.1. The third kappa shape index (κ3) is 24.1. The van der Waals surface area contributed by atoms with E-state index in [0.29, 0.717) is 62.9 Å². The number of fused-ring (bicyclic) bond motifs is 2. The molecule has 11 rings (SSSR count). The Morgan fingerprint density at radius 2 is 1.00 bits per heavy atom. The van der Waals surface area contributed by atoms with E-state index in [-0.39, 0.29) is 43.6 Å². The average Bonchev–Trinajstić information content (AvgIpc) is 1.52. The van der Waals surface area contributed by atoms with Gasteiger partial charge in [-0.25, -0.2) is 45.2 Å². The van der Waals surface area contributed by atoms with Crippen molar-refractivity contribution in [2.75, 3.05) is 88.7 Å². The van der Waals surface area contributed by atoms with Gasteiger partial charge >= 0.3 is 0 Å². The van der Waals surface area contributed by atoms with Gasteiger partial charge in [0.05, 0.1) is 66.6 Å². The molecule has 0 fully saturated rings. The van der Waals surface area contributed by atoms with Gasteiger partial charge in [0.25, 0.3) is 12.0 Å². The number of aryl methyl sites for hydroxylation is 5. The van der Waals surface area contributed by atoms with Crippen molar-refractivity contribution < 1.29 is 53.3 Å². The first-order valence-corrected chi connectivity index (χ1v) is 42.1. The van der Waals surface area contributed by atoms with Gasteiger partial charge in [-0.2, -0.15) is 4.98 Å². The number of ether oxygens (including phenoxy) is 4. The van der Waals surface area contributed by atoms with E-state index in [4.69, 9.17) is 27.7 Å². The monoisotopic (exact) mass is 1570 g/mol. The second kappa shape index (κ2) is 38.3. The molecule has 40 heteroatoms. The molecule has 0 unspecified atom stereocenters. The number of hydrogen-bond donors (Lipinski definition) is 7. The Morgan fingerprint density at radius 3 is 1.55 bits per heavy atom. The summed E-state index contributed by atoms with van der Waals surface area (Å²) in [6, 6.07) is 30.6. The zero-order valence-corrected chi connectivity index (χ0v) is 67.0. The molecule has 0 amide bonds. The number of anilines is 8. The minimum absolute atomic E-state index is 0.0967. The van der Waals surface area contributed by atoms with Crippen LogP contribution in [0.2, 0.25) is 0 Å². The Bertz CT molecular complexity index is 5360. The molecule has 0 saturated heterocycles. The maximum atomic E-state index is 12.9. The zero-order valence-electron chi connectivity index (χ0n) is 62.8. The van der Waals surface area contributed by atoms with E-state index in [1.165, 1.54) is 33.7 Å². The number of para-hydroxylation sites is 3. The molecule has 0 atom stereocenters. The number of nitrogens with two attached hydrogens (primary N) is 4. The topological polar surface area (TPSA) is 512 Å². The summed E-state index contributed by atoms with van der Waals surface area (Å²) in [6.45, 7) is 23.3. The van der Waals surface area contributed by atoms with Crippen LogP contribution < -0.4 is 54.5 Å². The van der Waals surface area contributed by atoms with E-state index in [9.17, 15) is 39.2 Å². The Balaban J connectivity index is 0.000000240. The molecule has 0 aliphatic heterocycles. The van der Waals surface area contributed by atoms with Crippen molar-refractivity contribution in [3.8, 4) is 11.4 Å². The van der Waals surface area contributed by atoms with Crippen molar-refractivity contribution >= 4 is 123 Å². The van der Waals surface area contributed by atoms with Crippen LogP contribution in [0.4, 0.5) is 46.2 Å². The number of sulfone groups is 3. The summed E-state index contributed by atoms with van der Waals surface area (Å²) in [4.78, 5) is 34.6. The number of nitrogen functional groups attached to an aromatic ring is 4. The molecule has 0 radical (unpaired) electrons. The van der Waals surface area contributed by atoms with Crippen LogP contribution in [0, 0.1) is 27.7 Å². The molecule has 107 heavy (non-hydrogen) atoms. The standard InChI is InChI=1S/C22H25N6O3PS.C13H17N5O2S.C9H14NO2P.C9H13NO2S.C6H7N5.C4H6N4O.C4H10O3/c1-14(2)33(30,31)19-9-7-6-8-18(19)28-13-23-20-21(28)25-22(27-26-20)24-17-11-10-16(12-15(17)3)32(4,5)29;1-8(2)21(19,20)11-7-5-4-6-10(11)16-13-12(14)18-17-9(3)15-13;1-12-9-6-7(13(2,3)11)4-5-8(9)10;1-7(2)13(11,12)9-6-4-3-5-8(9)10;1-4-8-6-5(10-9-4)7-3-11(6)2;1-2-6-4(9)3(5)8-7-2;1-5-4(6-2)7-3/h6-14H,1-5H3,(H,24,25,27);4-8H,1-3H3,(H2,14,18)(H,15,16,17);4-6H,10H2,1-3H3;3-7H,10H2,1-2H3;3H,1-2H3;1H3,(H2,5,8)(H,6,7,9);4H,1-3H3. The van der Waals surface area contributed by atoms with Crippen molar-refractivity contribution in [2.45, 2.75) is 106 Å². The second-order valence-electron chi connectivity index (χ2n) is 24.6. The summed E-state index contributed by atoms with van der Waals surface area (Å²) in [5.74, 6) is 2.69. The van der Waals surface area contributed by atoms with E-state index in [1.54, 1.807) is 192 Å². The predicted octanol–water partition coefficient (Wildman–Crippen LogP) is 7.69. The molecule has 35 nitrogen and oxygen atoms in total. The number of nitrogens with one attached hydrogen (secondary N) is 3. The van der Waals surface area contributed by atoms with Crippen LogP contribution in [0.1, 0.15) is 64.6 Å². The van der Waals surface area contributed by atoms with Gasteiger partial charge in [0, 0.05) is 44.7 Å². The van der Waals surface area contributed by atoms with Crippen LogP contribution in [0.25, 0.3) is 28.3 Å². The van der Waals surface area contributed by atoms with Crippen LogP contribution >= 0.6 is 14.3 Å². The molecular weight excluding hydrogens is 1480 g/mol.